The summed E-state index contributed by atoms with van der Waals surface area (Å²) in [7, 11) is 0. The first kappa shape index (κ1) is 16.3. The molecule has 5 heteroatoms. The van der Waals surface area contributed by atoms with Gasteiger partial charge >= 0.3 is 0 Å². The van der Waals surface area contributed by atoms with Gasteiger partial charge in [0.1, 0.15) is 18.2 Å². The van der Waals surface area contributed by atoms with Gasteiger partial charge in [-0.2, -0.15) is 0 Å². The van der Waals surface area contributed by atoms with Crippen LogP contribution in [0.15, 0.2) is 47.1 Å². The fourth-order valence-electron chi connectivity index (χ4n) is 2.72. The van der Waals surface area contributed by atoms with Gasteiger partial charge in [-0.3, -0.25) is 4.90 Å². The molecule has 23 heavy (non-hydrogen) atoms. The standard InChI is InChI=1S/C18H22BrN3O/c19-16-13-15(14-21-18-5-1-2-8-20-18)6-7-17(16)23-12-11-22-9-3-4-10-22/h1-2,5-8,13H,3-4,9-12,14H2,(H,20,21). The van der Waals surface area contributed by atoms with Crippen LogP contribution in [0.25, 0.3) is 0 Å². The Balaban J connectivity index is 1.49. The second kappa shape index (κ2) is 8.31. The van der Waals surface area contributed by atoms with Gasteiger partial charge in [-0.25, -0.2) is 4.98 Å². The highest BCUT2D eigenvalue weighted by Crippen LogP contribution is 2.26. The minimum absolute atomic E-state index is 0.740. The molecule has 0 radical (unpaired) electrons. The number of hydrogen-bond acceptors (Lipinski definition) is 4. The Kier molecular flexibility index (Phi) is 5.88. The van der Waals surface area contributed by atoms with E-state index >= 15 is 0 Å². The fourth-order valence-corrected chi connectivity index (χ4v) is 3.26. The molecule has 0 saturated carbocycles. The number of nitrogens with one attached hydrogen (secondary N) is 1. The lowest BCUT2D eigenvalue weighted by atomic mass is 10.2. The monoisotopic (exact) mass is 375 g/mol. The summed E-state index contributed by atoms with van der Waals surface area (Å²) < 4.78 is 6.89. The third kappa shape index (κ3) is 4.94. The number of rotatable bonds is 7. The highest BCUT2D eigenvalue weighted by atomic mass is 79.9. The van der Waals surface area contributed by atoms with Crippen LogP contribution in [-0.4, -0.2) is 36.1 Å². The van der Waals surface area contributed by atoms with E-state index < -0.39 is 0 Å². The summed E-state index contributed by atoms with van der Waals surface area (Å²) in [6, 6.07) is 12.1. The van der Waals surface area contributed by atoms with E-state index in [9.17, 15) is 0 Å². The van der Waals surface area contributed by atoms with E-state index in [2.05, 4.69) is 43.3 Å². The van der Waals surface area contributed by atoms with Gasteiger partial charge in [0.2, 0.25) is 0 Å². The van der Waals surface area contributed by atoms with Crippen LogP contribution in [0, 0.1) is 0 Å². The Morgan fingerprint density at radius 2 is 2.04 bits per heavy atom. The fraction of sp³-hybridized carbons (Fsp3) is 0.389. The second-order valence-electron chi connectivity index (χ2n) is 5.73. The summed E-state index contributed by atoms with van der Waals surface area (Å²) in [6.07, 6.45) is 4.43. The number of halogens is 1. The molecule has 2 aromatic rings. The van der Waals surface area contributed by atoms with Crippen molar-refractivity contribution in [1.82, 2.24) is 9.88 Å². The Bertz CT molecular complexity index is 615. The normalized spacial score (nSPS) is 14.8. The van der Waals surface area contributed by atoms with Crippen molar-refractivity contribution in [2.75, 3.05) is 31.6 Å². The number of likely N-dealkylation sites (tertiary alicyclic amines) is 1. The maximum Gasteiger partial charge on any atom is 0.133 e. The molecule has 1 aliphatic rings. The summed E-state index contributed by atoms with van der Waals surface area (Å²) in [5.41, 5.74) is 1.19. The van der Waals surface area contributed by atoms with E-state index in [4.69, 9.17) is 4.74 Å². The summed E-state index contributed by atoms with van der Waals surface area (Å²) in [5, 5.41) is 3.31. The molecule has 1 aromatic carbocycles. The minimum Gasteiger partial charge on any atom is -0.491 e. The molecule has 1 N–H and O–H groups in total. The van der Waals surface area contributed by atoms with Crippen LogP contribution in [0.4, 0.5) is 5.82 Å². The SMILES string of the molecule is Brc1cc(CNc2ccccn2)ccc1OCCN1CCCC1. The first-order valence-corrected chi connectivity index (χ1v) is 8.89. The van der Waals surface area contributed by atoms with E-state index in [1.807, 2.05) is 24.3 Å². The van der Waals surface area contributed by atoms with E-state index in [-0.39, 0.29) is 0 Å². The van der Waals surface area contributed by atoms with Crippen LogP contribution in [0.2, 0.25) is 0 Å². The lowest BCUT2D eigenvalue weighted by molar-refractivity contribution is 0.237. The maximum atomic E-state index is 5.90. The molecule has 0 bridgehead atoms. The molecular formula is C18H22BrN3O. The Hall–Kier alpha value is -1.59. The molecule has 4 nitrogen and oxygen atoms in total. The summed E-state index contributed by atoms with van der Waals surface area (Å²) in [5.74, 6) is 1.79. The van der Waals surface area contributed by atoms with E-state index in [1.54, 1.807) is 6.20 Å². The average molecular weight is 376 g/mol. The zero-order valence-electron chi connectivity index (χ0n) is 13.2. The van der Waals surface area contributed by atoms with Crippen LogP contribution in [0.3, 0.4) is 0 Å². The molecular weight excluding hydrogens is 354 g/mol. The largest absolute Gasteiger partial charge is 0.491 e. The van der Waals surface area contributed by atoms with Crippen molar-refractivity contribution >= 4 is 21.7 Å². The predicted octanol–water partition coefficient (Wildman–Crippen LogP) is 3.93. The van der Waals surface area contributed by atoms with Crippen molar-refractivity contribution in [3.8, 4) is 5.75 Å². The first-order chi connectivity index (χ1) is 11.3. The van der Waals surface area contributed by atoms with Crippen LogP contribution >= 0.6 is 15.9 Å². The molecule has 0 unspecified atom stereocenters. The van der Waals surface area contributed by atoms with Gasteiger partial charge in [0.05, 0.1) is 4.47 Å². The van der Waals surface area contributed by atoms with Gasteiger partial charge in [0.25, 0.3) is 0 Å². The van der Waals surface area contributed by atoms with E-state index in [0.717, 1.165) is 35.7 Å². The third-order valence-electron chi connectivity index (χ3n) is 4.00. The Labute approximate surface area is 146 Å². The molecule has 122 valence electrons. The lowest BCUT2D eigenvalue weighted by Gasteiger charge is -2.16. The van der Waals surface area contributed by atoms with Crippen molar-refractivity contribution < 1.29 is 4.74 Å². The molecule has 3 rings (SSSR count). The summed E-state index contributed by atoms with van der Waals surface area (Å²) >= 11 is 3.61. The second-order valence-corrected chi connectivity index (χ2v) is 6.58. The molecule has 1 aliphatic heterocycles. The molecule has 2 heterocycles. The topological polar surface area (TPSA) is 37.4 Å². The van der Waals surface area contributed by atoms with Crippen molar-refractivity contribution in [3.05, 3.63) is 52.6 Å². The van der Waals surface area contributed by atoms with Crippen LogP contribution in [0.1, 0.15) is 18.4 Å². The predicted molar refractivity (Wildman–Crippen MR) is 96.9 cm³/mol. The molecule has 0 aliphatic carbocycles. The van der Waals surface area contributed by atoms with Gasteiger partial charge < -0.3 is 10.1 Å². The van der Waals surface area contributed by atoms with Gasteiger partial charge in [-0.1, -0.05) is 12.1 Å². The van der Waals surface area contributed by atoms with Crippen molar-refractivity contribution in [2.24, 2.45) is 0 Å². The zero-order valence-corrected chi connectivity index (χ0v) is 14.8. The van der Waals surface area contributed by atoms with Gasteiger partial charge in [-0.15, -0.1) is 0 Å². The number of benzene rings is 1. The summed E-state index contributed by atoms with van der Waals surface area (Å²) in [4.78, 5) is 6.72. The highest BCUT2D eigenvalue weighted by molar-refractivity contribution is 9.10. The van der Waals surface area contributed by atoms with Crippen LogP contribution < -0.4 is 10.1 Å². The molecule has 0 spiro atoms. The van der Waals surface area contributed by atoms with Gasteiger partial charge in [-0.05, 0) is 71.7 Å². The molecule has 1 aromatic heterocycles. The van der Waals surface area contributed by atoms with Gasteiger partial charge in [0, 0.05) is 19.3 Å². The number of hydrogen-bond donors (Lipinski definition) is 1. The number of anilines is 1. The van der Waals surface area contributed by atoms with Crippen LogP contribution in [0.5, 0.6) is 5.75 Å². The van der Waals surface area contributed by atoms with Crippen LogP contribution in [-0.2, 0) is 6.54 Å². The smallest absolute Gasteiger partial charge is 0.133 e. The number of nitrogens with zero attached hydrogens (tertiary/aromatic N) is 2. The number of ether oxygens (including phenoxy) is 1. The molecule has 1 fully saturated rings. The highest BCUT2D eigenvalue weighted by Gasteiger charge is 2.11. The van der Waals surface area contributed by atoms with E-state index in [0.29, 0.717) is 0 Å². The summed E-state index contributed by atoms with van der Waals surface area (Å²) in [6.45, 7) is 4.91. The maximum absolute atomic E-state index is 5.90. The van der Waals surface area contributed by atoms with Crippen molar-refractivity contribution in [1.29, 1.82) is 0 Å². The quantitative estimate of drug-likeness (QED) is 0.795. The first-order valence-electron chi connectivity index (χ1n) is 8.10. The van der Waals surface area contributed by atoms with Crippen molar-refractivity contribution in [2.45, 2.75) is 19.4 Å². The number of aromatic nitrogens is 1. The Morgan fingerprint density at radius 3 is 2.78 bits per heavy atom. The Morgan fingerprint density at radius 1 is 1.17 bits per heavy atom. The minimum atomic E-state index is 0.740. The number of pyridine rings is 1. The van der Waals surface area contributed by atoms with Gasteiger partial charge in [0.15, 0.2) is 0 Å². The lowest BCUT2D eigenvalue weighted by Crippen LogP contribution is -2.25. The molecule has 0 atom stereocenters. The molecule has 0 amide bonds. The molecule has 1 saturated heterocycles. The van der Waals surface area contributed by atoms with E-state index in [1.165, 1.54) is 31.5 Å². The zero-order chi connectivity index (χ0) is 15.9. The van der Waals surface area contributed by atoms with Crippen molar-refractivity contribution in [3.63, 3.8) is 0 Å². The third-order valence-corrected chi connectivity index (χ3v) is 4.62. The average Bonchev–Trinajstić information content (AvgIpc) is 3.09.